The Morgan fingerprint density at radius 3 is 1.81 bits per heavy atom. The zero-order valence-corrected chi connectivity index (χ0v) is 14.3. The minimum atomic E-state index is -0.640. The van der Waals surface area contributed by atoms with E-state index in [0.717, 1.165) is 11.1 Å². The molecule has 0 aliphatic carbocycles. The third-order valence-electron chi connectivity index (χ3n) is 3.98. The van der Waals surface area contributed by atoms with Crippen LogP contribution in [0.5, 0.6) is 0 Å². The number of halogens is 1. The first kappa shape index (κ1) is 17.6. The normalized spacial score (nSPS) is 11.6. The second kappa shape index (κ2) is 8.77. The number of hydrogen-bond donors (Lipinski definition) is 0. The molecule has 0 amide bonds. The molecule has 3 aromatic rings. The zero-order chi connectivity index (χ0) is 18.2. The topological polar surface area (TPSA) is 26.3 Å². The van der Waals surface area contributed by atoms with Gasteiger partial charge in [-0.1, -0.05) is 91.0 Å². The van der Waals surface area contributed by atoms with Crippen molar-refractivity contribution in [3.05, 3.63) is 113 Å². The van der Waals surface area contributed by atoms with Crippen molar-refractivity contribution in [2.75, 3.05) is 0 Å². The van der Waals surface area contributed by atoms with Crippen LogP contribution in [0.1, 0.15) is 16.7 Å². The Morgan fingerprint density at radius 2 is 1.23 bits per heavy atom. The summed E-state index contributed by atoms with van der Waals surface area (Å²) in [6.45, 7) is 0.111. The fraction of sp³-hybridized carbons (Fsp3) is 0.0870. The van der Waals surface area contributed by atoms with Gasteiger partial charge in [0.15, 0.2) is 0 Å². The van der Waals surface area contributed by atoms with E-state index in [0.29, 0.717) is 5.56 Å². The van der Waals surface area contributed by atoms with E-state index in [1.54, 1.807) is 30.3 Å². The van der Waals surface area contributed by atoms with E-state index >= 15 is 4.39 Å². The van der Waals surface area contributed by atoms with Crippen molar-refractivity contribution in [1.29, 1.82) is 0 Å². The molecule has 3 heteroatoms. The van der Waals surface area contributed by atoms with Crippen molar-refractivity contribution in [2.24, 2.45) is 0 Å². The molecular formula is C23H19FO2. The molecule has 0 aromatic heterocycles. The molecule has 0 N–H and O–H groups in total. The van der Waals surface area contributed by atoms with E-state index in [4.69, 9.17) is 4.74 Å². The lowest BCUT2D eigenvalue weighted by atomic mass is 10.0. The van der Waals surface area contributed by atoms with Crippen molar-refractivity contribution >= 4 is 11.8 Å². The van der Waals surface area contributed by atoms with E-state index in [2.05, 4.69) is 0 Å². The average Bonchev–Trinajstić information content (AvgIpc) is 2.72. The Morgan fingerprint density at radius 1 is 0.731 bits per heavy atom. The molecule has 0 saturated heterocycles. The Balaban J connectivity index is 1.86. The zero-order valence-electron chi connectivity index (χ0n) is 14.3. The summed E-state index contributed by atoms with van der Waals surface area (Å²) in [5.41, 5.74) is 2.11. The highest BCUT2D eigenvalue weighted by molar-refractivity contribution is 5.96. The van der Waals surface area contributed by atoms with Gasteiger partial charge in [-0.3, -0.25) is 0 Å². The smallest absolute Gasteiger partial charge is 0.337 e. The van der Waals surface area contributed by atoms with E-state index in [-0.39, 0.29) is 18.6 Å². The van der Waals surface area contributed by atoms with Crippen molar-refractivity contribution < 1.29 is 13.9 Å². The highest BCUT2D eigenvalue weighted by Crippen LogP contribution is 2.24. The second-order valence-corrected chi connectivity index (χ2v) is 5.88. The minimum absolute atomic E-state index is 0.0262. The highest BCUT2D eigenvalue weighted by atomic mass is 19.1. The highest BCUT2D eigenvalue weighted by Gasteiger charge is 2.19. The molecule has 0 fully saturated rings. The monoisotopic (exact) mass is 346 g/mol. The summed E-state index contributed by atoms with van der Waals surface area (Å²) in [6.07, 6.45) is 0.176. The van der Waals surface area contributed by atoms with Gasteiger partial charge in [-0.15, -0.1) is 0 Å². The molecule has 3 rings (SSSR count). The van der Waals surface area contributed by atoms with E-state index in [1.807, 2.05) is 60.7 Å². The van der Waals surface area contributed by atoms with Gasteiger partial charge in [-0.25, -0.2) is 9.18 Å². The first-order valence-corrected chi connectivity index (χ1v) is 8.43. The molecule has 0 spiro atoms. The maximum atomic E-state index is 15.0. The third-order valence-corrected chi connectivity index (χ3v) is 3.98. The van der Waals surface area contributed by atoms with Gasteiger partial charge in [-0.2, -0.15) is 0 Å². The van der Waals surface area contributed by atoms with Gasteiger partial charge < -0.3 is 4.74 Å². The summed E-state index contributed by atoms with van der Waals surface area (Å²) in [6, 6.07) is 27.3. The maximum absolute atomic E-state index is 15.0. The van der Waals surface area contributed by atoms with E-state index < -0.39 is 11.8 Å². The molecule has 0 atom stereocenters. The van der Waals surface area contributed by atoms with Crippen LogP contribution < -0.4 is 0 Å². The first-order chi connectivity index (χ1) is 12.7. The van der Waals surface area contributed by atoms with Crippen LogP contribution in [-0.4, -0.2) is 5.97 Å². The molecular weight excluding hydrogens is 327 g/mol. The van der Waals surface area contributed by atoms with Crippen LogP contribution in [0.2, 0.25) is 0 Å². The third kappa shape index (κ3) is 4.67. The van der Waals surface area contributed by atoms with Gasteiger partial charge >= 0.3 is 5.97 Å². The Hall–Kier alpha value is -3.20. The lowest BCUT2D eigenvalue weighted by Gasteiger charge is -2.11. The number of hydrogen-bond acceptors (Lipinski definition) is 2. The molecule has 0 aliphatic rings. The molecule has 0 heterocycles. The quantitative estimate of drug-likeness (QED) is 0.444. The molecule has 0 radical (unpaired) electrons. The van der Waals surface area contributed by atoms with Crippen LogP contribution in [0.25, 0.3) is 5.83 Å². The van der Waals surface area contributed by atoms with Crippen LogP contribution in [0.15, 0.2) is 96.6 Å². The fourth-order valence-electron chi connectivity index (χ4n) is 2.61. The SMILES string of the molecule is O=C(OCc1ccccc1)/C(Cc1ccccc1)=C(/F)c1ccccc1. The van der Waals surface area contributed by atoms with Crippen LogP contribution in [0, 0.1) is 0 Å². The Kier molecular flexibility index (Phi) is 5.94. The second-order valence-electron chi connectivity index (χ2n) is 5.88. The number of ether oxygens (including phenoxy) is 1. The van der Waals surface area contributed by atoms with Crippen molar-refractivity contribution in [3.8, 4) is 0 Å². The Labute approximate surface area is 152 Å². The molecule has 0 aliphatic heterocycles. The molecule has 3 aromatic carbocycles. The fourth-order valence-corrected chi connectivity index (χ4v) is 2.61. The molecule has 0 unspecified atom stereocenters. The predicted molar refractivity (Wildman–Crippen MR) is 101 cm³/mol. The Bertz CT molecular complexity index is 872. The predicted octanol–water partition coefficient (Wildman–Crippen LogP) is 5.35. The van der Waals surface area contributed by atoms with Crippen LogP contribution in [0.4, 0.5) is 4.39 Å². The minimum Gasteiger partial charge on any atom is -0.457 e. The molecule has 2 nitrogen and oxygen atoms in total. The first-order valence-electron chi connectivity index (χ1n) is 8.43. The number of rotatable bonds is 6. The maximum Gasteiger partial charge on any atom is 0.337 e. The van der Waals surface area contributed by atoms with Gasteiger partial charge in [0.1, 0.15) is 12.4 Å². The van der Waals surface area contributed by atoms with Crippen molar-refractivity contribution in [2.45, 2.75) is 13.0 Å². The average molecular weight is 346 g/mol. The molecule has 0 bridgehead atoms. The summed E-state index contributed by atoms with van der Waals surface area (Å²) in [7, 11) is 0. The van der Waals surface area contributed by atoms with Crippen molar-refractivity contribution in [1.82, 2.24) is 0 Å². The summed E-state index contributed by atoms with van der Waals surface area (Å²) in [5.74, 6) is -1.19. The van der Waals surface area contributed by atoms with Gasteiger partial charge in [0.05, 0.1) is 5.57 Å². The molecule has 0 saturated carbocycles. The summed E-state index contributed by atoms with van der Waals surface area (Å²) < 4.78 is 20.4. The van der Waals surface area contributed by atoms with Gasteiger partial charge in [0.2, 0.25) is 0 Å². The number of esters is 1. The standard InChI is InChI=1S/C23H19FO2/c24-22(20-14-8-3-9-15-20)21(16-18-10-4-1-5-11-18)23(25)26-17-19-12-6-2-7-13-19/h1-15H,16-17H2/b22-21+. The summed E-state index contributed by atoms with van der Waals surface area (Å²) >= 11 is 0. The lowest BCUT2D eigenvalue weighted by Crippen LogP contribution is -2.12. The van der Waals surface area contributed by atoms with E-state index in [1.165, 1.54) is 0 Å². The number of carbonyl (C=O) groups excluding carboxylic acids is 1. The summed E-state index contributed by atoms with van der Waals surface area (Å²) in [4.78, 5) is 12.6. The summed E-state index contributed by atoms with van der Waals surface area (Å²) in [5, 5.41) is 0. The largest absolute Gasteiger partial charge is 0.457 e. The number of carbonyl (C=O) groups is 1. The molecule has 26 heavy (non-hydrogen) atoms. The molecule has 130 valence electrons. The lowest BCUT2D eigenvalue weighted by molar-refractivity contribution is -0.140. The van der Waals surface area contributed by atoms with Crippen LogP contribution in [-0.2, 0) is 22.6 Å². The van der Waals surface area contributed by atoms with Crippen molar-refractivity contribution in [3.63, 3.8) is 0 Å². The van der Waals surface area contributed by atoms with E-state index in [9.17, 15) is 4.79 Å². The van der Waals surface area contributed by atoms with Crippen LogP contribution >= 0.6 is 0 Å². The van der Waals surface area contributed by atoms with Crippen LogP contribution in [0.3, 0.4) is 0 Å². The van der Waals surface area contributed by atoms with Gasteiger partial charge in [-0.05, 0) is 11.1 Å². The van der Waals surface area contributed by atoms with Gasteiger partial charge in [0.25, 0.3) is 0 Å². The van der Waals surface area contributed by atoms with Gasteiger partial charge in [0, 0.05) is 12.0 Å². The number of benzene rings is 3.